The van der Waals surface area contributed by atoms with Crippen molar-refractivity contribution in [2.75, 3.05) is 56.0 Å². The van der Waals surface area contributed by atoms with Crippen LogP contribution in [0.5, 0.6) is 5.75 Å². The minimum absolute atomic E-state index is 0.212. The van der Waals surface area contributed by atoms with Crippen molar-refractivity contribution in [1.82, 2.24) is 24.6 Å². The van der Waals surface area contributed by atoms with Crippen molar-refractivity contribution in [1.29, 1.82) is 0 Å². The van der Waals surface area contributed by atoms with Crippen LogP contribution in [0.4, 0.5) is 23.0 Å². The van der Waals surface area contributed by atoms with Gasteiger partial charge in [0.25, 0.3) is 0 Å². The fraction of sp³-hybridized carbons (Fsp3) is 0.429. The third kappa shape index (κ3) is 5.74. The van der Waals surface area contributed by atoms with E-state index >= 15 is 0 Å². The quantitative estimate of drug-likeness (QED) is 0.357. The molecule has 2 aliphatic rings. The summed E-state index contributed by atoms with van der Waals surface area (Å²) in [5, 5.41) is 11.0. The Labute approximate surface area is 228 Å². The first-order chi connectivity index (χ1) is 18.9. The van der Waals surface area contributed by atoms with E-state index in [1.807, 2.05) is 29.9 Å². The highest BCUT2D eigenvalue weighted by Gasteiger charge is 2.27. The number of likely N-dealkylation sites (tertiary alicyclic amines) is 1. The number of carbonyl (C=O) groups is 1. The fourth-order valence-corrected chi connectivity index (χ4v) is 4.64. The summed E-state index contributed by atoms with van der Waals surface area (Å²) < 4.78 is 12.9. The van der Waals surface area contributed by atoms with Crippen molar-refractivity contribution in [3.05, 3.63) is 54.5 Å². The van der Waals surface area contributed by atoms with Crippen LogP contribution in [0.3, 0.4) is 0 Å². The van der Waals surface area contributed by atoms with Gasteiger partial charge in [0.15, 0.2) is 5.82 Å². The second-order valence-corrected chi connectivity index (χ2v) is 10.2. The standard InChI is InChI=1S/C28H36N8O3/c1-6-26(37)30-21-12-22(24(38-5)13-23(21)34(4)20-16-39-17-20)31-28-29-9-8-25(32-28)36-15-19(14-35-10-7-11-35)27(33-36)18(2)3/h6,8-9,12-13,15,18,20H,1,7,10-11,14,16-17H2,2-5H3,(H,30,37)(H,29,31,32). The molecule has 1 aromatic carbocycles. The molecular formula is C28H36N8O3. The van der Waals surface area contributed by atoms with E-state index in [1.54, 1.807) is 13.3 Å². The molecule has 0 unspecified atom stereocenters. The van der Waals surface area contributed by atoms with Gasteiger partial charge in [-0.2, -0.15) is 10.1 Å². The summed E-state index contributed by atoms with van der Waals surface area (Å²) in [7, 11) is 3.57. The summed E-state index contributed by atoms with van der Waals surface area (Å²) in [6.07, 6.45) is 6.26. The van der Waals surface area contributed by atoms with Gasteiger partial charge in [-0.25, -0.2) is 9.67 Å². The van der Waals surface area contributed by atoms with E-state index in [4.69, 9.17) is 19.6 Å². The predicted octanol–water partition coefficient (Wildman–Crippen LogP) is 3.70. The summed E-state index contributed by atoms with van der Waals surface area (Å²) >= 11 is 0. The molecular weight excluding hydrogens is 496 g/mol. The average Bonchev–Trinajstić information content (AvgIpc) is 3.30. The normalized spacial score (nSPS) is 15.4. The molecule has 0 spiro atoms. The zero-order valence-corrected chi connectivity index (χ0v) is 23.0. The van der Waals surface area contributed by atoms with Gasteiger partial charge in [0.1, 0.15) is 5.75 Å². The summed E-state index contributed by atoms with van der Waals surface area (Å²) in [6, 6.07) is 5.75. The number of aromatic nitrogens is 4. The molecule has 11 nitrogen and oxygen atoms in total. The zero-order valence-electron chi connectivity index (χ0n) is 23.0. The van der Waals surface area contributed by atoms with E-state index in [-0.39, 0.29) is 11.9 Å². The van der Waals surface area contributed by atoms with Gasteiger partial charge in [-0.05, 0) is 37.6 Å². The molecule has 0 bridgehead atoms. The third-order valence-corrected chi connectivity index (χ3v) is 7.14. The first kappa shape index (κ1) is 26.6. The molecule has 206 valence electrons. The number of likely N-dealkylation sites (N-methyl/N-ethyl adjacent to an activating group) is 1. The summed E-state index contributed by atoms with van der Waals surface area (Å²) in [4.78, 5) is 25.9. The molecule has 0 radical (unpaired) electrons. The lowest BCUT2D eigenvalue weighted by Gasteiger charge is -2.37. The molecule has 2 saturated heterocycles. The van der Waals surface area contributed by atoms with E-state index in [0.29, 0.717) is 48.0 Å². The molecule has 39 heavy (non-hydrogen) atoms. The lowest BCUT2D eigenvalue weighted by molar-refractivity contribution is -0.111. The van der Waals surface area contributed by atoms with Gasteiger partial charge in [0.05, 0.1) is 49.1 Å². The molecule has 2 aliphatic heterocycles. The number of amides is 1. The Bertz CT molecular complexity index is 1350. The van der Waals surface area contributed by atoms with Crippen molar-refractivity contribution in [3.8, 4) is 11.6 Å². The zero-order chi connectivity index (χ0) is 27.5. The van der Waals surface area contributed by atoms with Gasteiger partial charge in [0.2, 0.25) is 11.9 Å². The largest absolute Gasteiger partial charge is 0.494 e. The van der Waals surface area contributed by atoms with Crippen molar-refractivity contribution in [2.24, 2.45) is 0 Å². The highest BCUT2D eigenvalue weighted by Crippen LogP contribution is 2.39. The van der Waals surface area contributed by atoms with Crippen LogP contribution < -0.4 is 20.3 Å². The first-order valence-electron chi connectivity index (χ1n) is 13.2. The molecule has 11 heteroatoms. The first-order valence-corrected chi connectivity index (χ1v) is 13.2. The van der Waals surface area contributed by atoms with Crippen LogP contribution in [-0.2, 0) is 16.1 Å². The Hall–Kier alpha value is -3.96. The van der Waals surface area contributed by atoms with Gasteiger partial charge in [-0.15, -0.1) is 0 Å². The maximum atomic E-state index is 12.2. The van der Waals surface area contributed by atoms with Crippen LogP contribution in [0.25, 0.3) is 5.82 Å². The van der Waals surface area contributed by atoms with E-state index in [1.165, 1.54) is 18.1 Å². The highest BCUT2D eigenvalue weighted by molar-refractivity contribution is 6.02. The Morgan fingerprint density at radius 2 is 2.10 bits per heavy atom. The maximum Gasteiger partial charge on any atom is 0.247 e. The van der Waals surface area contributed by atoms with Crippen molar-refractivity contribution < 1.29 is 14.3 Å². The van der Waals surface area contributed by atoms with Crippen LogP contribution in [0.2, 0.25) is 0 Å². The lowest BCUT2D eigenvalue weighted by Crippen LogP contribution is -2.47. The molecule has 3 aromatic rings. The average molecular weight is 533 g/mol. The van der Waals surface area contributed by atoms with E-state index in [0.717, 1.165) is 31.0 Å². The predicted molar refractivity (Wildman–Crippen MR) is 151 cm³/mol. The highest BCUT2D eigenvalue weighted by atomic mass is 16.5. The molecule has 0 saturated carbocycles. The molecule has 0 aliphatic carbocycles. The molecule has 4 heterocycles. The Morgan fingerprint density at radius 1 is 1.31 bits per heavy atom. The second kappa shape index (κ2) is 11.4. The number of hydrogen-bond acceptors (Lipinski definition) is 9. The van der Waals surface area contributed by atoms with Crippen molar-refractivity contribution >= 4 is 28.9 Å². The van der Waals surface area contributed by atoms with Crippen LogP contribution in [0.1, 0.15) is 37.4 Å². The molecule has 0 atom stereocenters. The number of ether oxygens (including phenoxy) is 2. The Balaban J connectivity index is 1.45. The van der Waals surface area contributed by atoms with E-state index < -0.39 is 0 Å². The van der Waals surface area contributed by atoms with Crippen LogP contribution >= 0.6 is 0 Å². The second-order valence-electron chi connectivity index (χ2n) is 10.2. The smallest absolute Gasteiger partial charge is 0.247 e. The number of anilines is 4. The number of rotatable bonds is 11. The third-order valence-electron chi connectivity index (χ3n) is 7.14. The van der Waals surface area contributed by atoms with Crippen LogP contribution in [0, 0.1) is 0 Å². The topological polar surface area (TPSA) is 110 Å². The minimum Gasteiger partial charge on any atom is -0.494 e. The maximum absolute atomic E-state index is 12.2. The minimum atomic E-state index is -0.308. The number of hydrogen-bond donors (Lipinski definition) is 2. The molecule has 2 N–H and O–H groups in total. The lowest BCUT2D eigenvalue weighted by atomic mass is 10.1. The van der Waals surface area contributed by atoms with E-state index in [9.17, 15) is 4.79 Å². The fourth-order valence-electron chi connectivity index (χ4n) is 4.64. The van der Waals surface area contributed by atoms with Crippen LogP contribution in [0.15, 0.2) is 43.2 Å². The molecule has 2 fully saturated rings. The number of methoxy groups -OCH3 is 1. The van der Waals surface area contributed by atoms with Gasteiger partial charge < -0.3 is 25.0 Å². The van der Waals surface area contributed by atoms with Gasteiger partial charge >= 0.3 is 0 Å². The van der Waals surface area contributed by atoms with Crippen LogP contribution in [-0.4, -0.2) is 77.1 Å². The summed E-state index contributed by atoms with van der Waals surface area (Å²) in [5.41, 5.74) is 4.33. The molecule has 5 rings (SSSR count). The molecule has 1 amide bonds. The van der Waals surface area contributed by atoms with Crippen molar-refractivity contribution in [3.63, 3.8) is 0 Å². The Kier molecular flexibility index (Phi) is 7.80. The van der Waals surface area contributed by atoms with Gasteiger partial charge in [0, 0.05) is 43.7 Å². The van der Waals surface area contributed by atoms with Gasteiger partial charge in [-0.1, -0.05) is 20.4 Å². The van der Waals surface area contributed by atoms with Gasteiger partial charge in [-0.3, -0.25) is 9.69 Å². The number of nitrogens with zero attached hydrogens (tertiary/aromatic N) is 6. The Morgan fingerprint density at radius 3 is 2.72 bits per heavy atom. The number of carbonyl (C=O) groups excluding carboxylic acids is 1. The molecule has 2 aromatic heterocycles. The van der Waals surface area contributed by atoms with Crippen molar-refractivity contribution in [2.45, 2.75) is 38.8 Å². The number of benzene rings is 1. The number of nitrogens with one attached hydrogen (secondary N) is 2. The summed E-state index contributed by atoms with van der Waals surface area (Å²) in [5.74, 6) is 1.62. The monoisotopic (exact) mass is 532 g/mol. The van der Waals surface area contributed by atoms with E-state index in [2.05, 4.69) is 52.0 Å². The SMILES string of the molecule is C=CC(=O)Nc1cc(Nc2nccc(-n3cc(CN4CCC4)c(C(C)C)n3)n2)c(OC)cc1N(C)C1COC1. The summed E-state index contributed by atoms with van der Waals surface area (Å²) in [6.45, 7) is 12.3.